The molecule has 4 nitrogen and oxygen atoms in total. The molecule has 0 aromatic heterocycles. The number of carbonyl (C=O) groups is 2. The monoisotopic (exact) mass is 222 g/mol. The first kappa shape index (κ1) is 11.2. The molecule has 2 aliphatic rings. The predicted octanol–water partition coefficient (Wildman–Crippen LogP) is 1.18. The van der Waals surface area contributed by atoms with Gasteiger partial charge in [-0.15, -0.1) is 0 Å². The number of nitrogens with zero attached hydrogens (tertiary/aromatic N) is 1. The number of nitrogens with one attached hydrogen (secondary N) is 1. The summed E-state index contributed by atoms with van der Waals surface area (Å²) >= 11 is 0. The van der Waals surface area contributed by atoms with Crippen LogP contribution < -0.4 is 5.32 Å². The lowest BCUT2D eigenvalue weighted by Crippen LogP contribution is -2.36. The van der Waals surface area contributed by atoms with E-state index >= 15 is 0 Å². The Hall–Kier alpha value is -1.32. The lowest BCUT2D eigenvalue weighted by molar-refractivity contribution is -0.129. The summed E-state index contributed by atoms with van der Waals surface area (Å²) in [4.78, 5) is 25.2. The van der Waals surface area contributed by atoms with Gasteiger partial charge in [-0.25, -0.2) is 0 Å². The third-order valence-electron chi connectivity index (χ3n) is 3.25. The van der Waals surface area contributed by atoms with Crippen LogP contribution in [0.3, 0.4) is 0 Å². The SMILES string of the molecule is CCCCCN1C(=O)CNC(=O)C2=C1CC2. The minimum Gasteiger partial charge on any atom is -0.343 e. The second-order valence-corrected chi connectivity index (χ2v) is 4.36. The van der Waals surface area contributed by atoms with Crippen molar-refractivity contribution in [3.05, 3.63) is 11.3 Å². The molecule has 0 bridgehead atoms. The van der Waals surface area contributed by atoms with Crippen LogP contribution in [-0.4, -0.2) is 29.8 Å². The van der Waals surface area contributed by atoms with Crippen LogP contribution in [0.2, 0.25) is 0 Å². The molecule has 0 aromatic rings. The fourth-order valence-corrected chi connectivity index (χ4v) is 2.19. The number of carbonyl (C=O) groups excluding carboxylic acids is 2. The first-order chi connectivity index (χ1) is 7.74. The van der Waals surface area contributed by atoms with Crippen LogP contribution in [0.1, 0.15) is 39.0 Å². The number of amides is 2. The fourth-order valence-electron chi connectivity index (χ4n) is 2.19. The van der Waals surface area contributed by atoms with Gasteiger partial charge in [0.1, 0.15) is 0 Å². The molecular formula is C12H18N2O2. The van der Waals surface area contributed by atoms with Crippen molar-refractivity contribution in [1.82, 2.24) is 10.2 Å². The molecule has 1 N–H and O–H groups in total. The maximum atomic E-state index is 11.8. The highest BCUT2D eigenvalue weighted by molar-refractivity contribution is 6.00. The number of rotatable bonds is 4. The molecule has 2 rings (SSSR count). The Balaban J connectivity index is 2.08. The van der Waals surface area contributed by atoms with Crippen LogP contribution in [0.4, 0.5) is 0 Å². The summed E-state index contributed by atoms with van der Waals surface area (Å²) in [7, 11) is 0. The van der Waals surface area contributed by atoms with Crippen molar-refractivity contribution in [2.45, 2.75) is 39.0 Å². The Morgan fingerprint density at radius 2 is 2.06 bits per heavy atom. The zero-order valence-corrected chi connectivity index (χ0v) is 9.71. The van der Waals surface area contributed by atoms with Crippen LogP contribution in [-0.2, 0) is 9.59 Å². The maximum Gasteiger partial charge on any atom is 0.249 e. The summed E-state index contributed by atoms with van der Waals surface area (Å²) in [6.07, 6.45) is 4.99. The molecule has 0 radical (unpaired) electrons. The van der Waals surface area contributed by atoms with Crippen molar-refractivity contribution in [1.29, 1.82) is 0 Å². The van der Waals surface area contributed by atoms with E-state index in [9.17, 15) is 9.59 Å². The van der Waals surface area contributed by atoms with Gasteiger partial charge in [-0.2, -0.15) is 0 Å². The van der Waals surface area contributed by atoms with Crippen molar-refractivity contribution >= 4 is 11.8 Å². The van der Waals surface area contributed by atoms with Crippen LogP contribution >= 0.6 is 0 Å². The van der Waals surface area contributed by atoms with Crippen molar-refractivity contribution < 1.29 is 9.59 Å². The molecule has 0 atom stereocenters. The second-order valence-electron chi connectivity index (χ2n) is 4.36. The van der Waals surface area contributed by atoms with Gasteiger partial charge >= 0.3 is 0 Å². The van der Waals surface area contributed by atoms with Gasteiger partial charge in [-0.1, -0.05) is 19.8 Å². The van der Waals surface area contributed by atoms with Gasteiger partial charge in [-0.3, -0.25) is 9.59 Å². The Kier molecular flexibility index (Phi) is 3.27. The quantitative estimate of drug-likeness (QED) is 0.726. The van der Waals surface area contributed by atoms with Crippen molar-refractivity contribution in [3.8, 4) is 0 Å². The maximum absolute atomic E-state index is 11.8. The Morgan fingerprint density at radius 3 is 2.69 bits per heavy atom. The van der Waals surface area contributed by atoms with Crippen LogP contribution in [0.25, 0.3) is 0 Å². The predicted molar refractivity (Wildman–Crippen MR) is 60.5 cm³/mol. The molecule has 1 aliphatic carbocycles. The molecule has 0 aromatic carbocycles. The number of hydrogen-bond acceptors (Lipinski definition) is 2. The van der Waals surface area contributed by atoms with Crippen LogP contribution in [0, 0.1) is 0 Å². The molecule has 16 heavy (non-hydrogen) atoms. The molecule has 0 spiro atoms. The van der Waals surface area contributed by atoms with Gasteiger partial charge in [0, 0.05) is 17.8 Å². The second kappa shape index (κ2) is 4.68. The lowest BCUT2D eigenvalue weighted by atomic mass is 9.92. The van der Waals surface area contributed by atoms with Gasteiger partial charge in [0.05, 0.1) is 6.54 Å². The van der Waals surface area contributed by atoms with Gasteiger partial charge in [0.25, 0.3) is 0 Å². The molecule has 0 unspecified atom stereocenters. The summed E-state index contributed by atoms with van der Waals surface area (Å²) in [6.45, 7) is 3.06. The topological polar surface area (TPSA) is 49.4 Å². The van der Waals surface area contributed by atoms with Crippen LogP contribution in [0.5, 0.6) is 0 Å². The summed E-state index contributed by atoms with van der Waals surface area (Å²) in [5.74, 6) is -0.0123. The van der Waals surface area contributed by atoms with Crippen LogP contribution in [0.15, 0.2) is 11.3 Å². The van der Waals surface area contributed by atoms with E-state index in [1.807, 2.05) is 4.90 Å². The van der Waals surface area contributed by atoms with E-state index in [4.69, 9.17) is 0 Å². The Bertz CT molecular complexity index is 347. The molecule has 2 amide bonds. The van der Waals surface area contributed by atoms with E-state index < -0.39 is 0 Å². The molecule has 1 aliphatic heterocycles. The average molecular weight is 222 g/mol. The molecule has 0 saturated heterocycles. The number of unbranched alkanes of at least 4 members (excludes halogenated alkanes) is 2. The zero-order chi connectivity index (χ0) is 11.5. The van der Waals surface area contributed by atoms with E-state index in [1.54, 1.807) is 0 Å². The first-order valence-electron chi connectivity index (χ1n) is 6.04. The highest BCUT2D eigenvalue weighted by Crippen LogP contribution is 2.32. The Labute approximate surface area is 95.7 Å². The molecular weight excluding hydrogens is 204 g/mol. The largest absolute Gasteiger partial charge is 0.343 e. The van der Waals surface area contributed by atoms with Crippen molar-refractivity contribution in [2.75, 3.05) is 13.1 Å². The van der Waals surface area contributed by atoms with E-state index in [1.165, 1.54) is 0 Å². The van der Waals surface area contributed by atoms with Gasteiger partial charge in [0.2, 0.25) is 11.8 Å². The van der Waals surface area contributed by atoms with E-state index in [2.05, 4.69) is 12.2 Å². The average Bonchev–Trinajstić information content (AvgIpc) is 2.29. The summed E-state index contributed by atoms with van der Waals surface area (Å²) < 4.78 is 0. The third-order valence-corrected chi connectivity index (χ3v) is 3.25. The summed E-state index contributed by atoms with van der Waals surface area (Å²) in [5, 5.41) is 2.66. The Morgan fingerprint density at radius 1 is 1.25 bits per heavy atom. The third kappa shape index (κ3) is 1.96. The highest BCUT2D eigenvalue weighted by atomic mass is 16.2. The van der Waals surface area contributed by atoms with Crippen molar-refractivity contribution in [3.63, 3.8) is 0 Å². The molecule has 0 fully saturated rings. The standard InChI is InChI=1S/C12H18N2O2/c1-2-3-4-7-14-10-6-5-9(10)12(16)13-8-11(14)15/h2-8H2,1H3,(H,13,16). The van der Waals surface area contributed by atoms with E-state index in [-0.39, 0.29) is 18.4 Å². The van der Waals surface area contributed by atoms with Gasteiger partial charge in [0.15, 0.2) is 0 Å². The highest BCUT2D eigenvalue weighted by Gasteiger charge is 2.33. The summed E-state index contributed by atoms with van der Waals surface area (Å²) in [6, 6.07) is 0. The smallest absolute Gasteiger partial charge is 0.249 e. The minimum atomic E-state index is -0.0485. The molecule has 1 heterocycles. The summed E-state index contributed by atoms with van der Waals surface area (Å²) in [5.41, 5.74) is 1.79. The fraction of sp³-hybridized carbons (Fsp3) is 0.667. The van der Waals surface area contributed by atoms with Crippen molar-refractivity contribution in [2.24, 2.45) is 0 Å². The number of hydrogen-bond donors (Lipinski definition) is 1. The van der Waals surface area contributed by atoms with E-state index in [0.717, 1.165) is 49.9 Å². The van der Waals surface area contributed by atoms with Gasteiger partial charge in [-0.05, 0) is 19.3 Å². The molecule has 4 heteroatoms. The first-order valence-corrected chi connectivity index (χ1v) is 6.04. The normalized spacial score (nSPS) is 20.2. The molecule has 88 valence electrons. The lowest BCUT2D eigenvalue weighted by Gasteiger charge is -2.30. The molecule has 0 saturated carbocycles. The number of allylic oxidation sites excluding steroid dienone is 1. The van der Waals surface area contributed by atoms with E-state index in [0.29, 0.717) is 0 Å². The minimum absolute atomic E-state index is 0.0363. The zero-order valence-electron chi connectivity index (χ0n) is 9.71. The van der Waals surface area contributed by atoms with Gasteiger partial charge < -0.3 is 10.2 Å².